The number of hydrogen-bond acceptors (Lipinski definition) is 3. The van der Waals surface area contributed by atoms with Crippen LogP contribution >= 0.6 is 0 Å². The molecule has 0 saturated carbocycles. The maximum atomic E-state index is 11.8. The highest BCUT2D eigenvalue weighted by Gasteiger charge is 2.13. The van der Waals surface area contributed by atoms with Crippen LogP contribution in [-0.2, 0) is 11.2 Å². The van der Waals surface area contributed by atoms with Crippen molar-refractivity contribution in [1.82, 2.24) is 5.32 Å². The Hall–Kier alpha value is -2.62. The Morgan fingerprint density at radius 2 is 1.58 bits per heavy atom. The molecular weight excluding hydrogens is 242 g/mol. The average molecular weight is 255 g/mol. The third kappa shape index (κ3) is 3.42. The van der Waals surface area contributed by atoms with E-state index in [1.54, 1.807) is 12.1 Å². The van der Waals surface area contributed by atoms with E-state index in [-0.39, 0.29) is 17.7 Å². The van der Waals surface area contributed by atoms with E-state index in [0.29, 0.717) is 0 Å². The van der Waals surface area contributed by atoms with Crippen molar-refractivity contribution < 1.29 is 14.7 Å². The normalized spacial score (nSPS) is 9.89. The highest BCUT2D eigenvalue weighted by molar-refractivity contribution is 6.06. The van der Waals surface area contributed by atoms with Crippen molar-refractivity contribution in [2.45, 2.75) is 6.42 Å². The summed E-state index contributed by atoms with van der Waals surface area (Å²) in [7, 11) is 0. The molecule has 0 heterocycles. The van der Waals surface area contributed by atoms with Crippen LogP contribution < -0.4 is 5.32 Å². The molecule has 19 heavy (non-hydrogen) atoms. The zero-order valence-corrected chi connectivity index (χ0v) is 10.2. The second-order valence-electron chi connectivity index (χ2n) is 4.06. The second kappa shape index (κ2) is 5.82. The maximum Gasteiger partial charge on any atom is 0.261 e. The number of rotatable bonds is 3. The molecule has 0 spiro atoms. The Morgan fingerprint density at radius 3 is 2.26 bits per heavy atom. The largest absolute Gasteiger partial charge is 0.507 e. The van der Waals surface area contributed by atoms with Crippen LogP contribution in [0.15, 0.2) is 54.6 Å². The molecule has 2 amide bonds. The predicted octanol–water partition coefficient (Wildman–Crippen LogP) is 1.89. The van der Waals surface area contributed by atoms with Gasteiger partial charge in [-0.3, -0.25) is 14.9 Å². The number of aromatic hydroxyl groups is 1. The van der Waals surface area contributed by atoms with Gasteiger partial charge in [-0.25, -0.2) is 0 Å². The van der Waals surface area contributed by atoms with Gasteiger partial charge in [0.15, 0.2) is 0 Å². The fourth-order valence-electron chi connectivity index (χ4n) is 1.69. The van der Waals surface area contributed by atoms with E-state index >= 15 is 0 Å². The van der Waals surface area contributed by atoms with Gasteiger partial charge in [0.2, 0.25) is 5.91 Å². The number of phenolic OH excluding ortho intramolecular Hbond substituents is 1. The minimum absolute atomic E-state index is 0.0870. The zero-order chi connectivity index (χ0) is 13.7. The van der Waals surface area contributed by atoms with Gasteiger partial charge in [0.05, 0.1) is 12.0 Å². The molecule has 2 rings (SSSR count). The number of hydrogen-bond donors (Lipinski definition) is 2. The minimum Gasteiger partial charge on any atom is -0.507 e. The van der Waals surface area contributed by atoms with Crippen molar-refractivity contribution in [3.05, 3.63) is 65.7 Å². The molecule has 0 saturated heterocycles. The lowest BCUT2D eigenvalue weighted by molar-refractivity contribution is -0.119. The van der Waals surface area contributed by atoms with Gasteiger partial charge >= 0.3 is 0 Å². The fourth-order valence-corrected chi connectivity index (χ4v) is 1.69. The number of imide groups is 1. The molecule has 0 aliphatic heterocycles. The molecule has 0 unspecified atom stereocenters. The second-order valence-corrected chi connectivity index (χ2v) is 4.06. The highest BCUT2D eigenvalue weighted by Crippen LogP contribution is 2.15. The van der Waals surface area contributed by atoms with Crippen LogP contribution in [0, 0.1) is 0 Å². The van der Waals surface area contributed by atoms with Crippen molar-refractivity contribution in [2.24, 2.45) is 0 Å². The Balaban J connectivity index is 2.00. The zero-order valence-electron chi connectivity index (χ0n) is 10.2. The maximum absolute atomic E-state index is 11.8. The Morgan fingerprint density at radius 1 is 0.947 bits per heavy atom. The molecule has 2 aromatic carbocycles. The molecule has 0 fully saturated rings. The summed E-state index contributed by atoms with van der Waals surface area (Å²) in [5.74, 6) is -1.15. The van der Waals surface area contributed by atoms with Crippen molar-refractivity contribution in [3.8, 4) is 5.75 Å². The molecule has 0 aromatic heterocycles. The van der Waals surface area contributed by atoms with E-state index in [0.717, 1.165) is 5.56 Å². The van der Waals surface area contributed by atoms with E-state index in [9.17, 15) is 14.7 Å². The fraction of sp³-hybridized carbons (Fsp3) is 0.0667. The number of carbonyl (C=O) groups is 2. The van der Waals surface area contributed by atoms with Crippen molar-refractivity contribution in [2.75, 3.05) is 0 Å². The summed E-state index contributed by atoms with van der Waals surface area (Å²) in [5.41, 5.74) is 0.911. The number of para-hydroxylation sites is 1. The Bertz CT molecular complexity index is 593. The summed E-state index contributed by atoms with van der Waals surface area (Å²) >= 11 is 0. The molecule has 96 valence electrons. The minimum atomic E-state index is -0.598. The summed E-state index contributed by atoms with van der Waals surface area (Å²) in [6, 6.07) is 15.2. The molecular formula is C15H13NO3. The first-order chi connectivity index (χ1) is 9.16. The lowest BCUT2D eigenvalue weighted by Gasteiger charge is -2.05. The van der Waals surface area contributed by atoms with Gasteiger partial charge in [0, 0.05) is 0 Å². The predicted molar refractivity (Wildman–Crippen MR) is 70.7 cm³/mol. The molecule has 2 aromatic rings. The molecule has 0 aliphatic rings. The van der Waals surface area contributed by atoms with E-state index in [1.807, 2.05) is 30.3 Å². The third-order valence-corrected chi connectivity index (χ3v) is 2.61. The van der Waals surface area contributed by atoms with Gasteiger partial charge in [0.25, 0.3) is 5.91 Å². The Labute approximate surface area is 110 Å². The van der Waals surface area contributed by atoms with Gasteiger partial charge < -0.3 is 5.11 Å². The van der Waals surface area contributed by atoms with Crippen LogP contribution in [0.25, 0.3) is 0 Å². The summed E-state index contributed by atoms with van der Waals surface area (Å²) < 4.78 is 0. The van der Waals surface area contributed by atoms with Gasteiger partial charge in [0.1, 0.15) is 5.75 Å². The molecule has 0 radical (unpaired) electrons. The smallest absolute Gasteiger partial charge is 0.261 e. The van der Waals surface area contributed by atoms with Crippen LogP contribution in [0.1, 0.15) is 15.9 Å². The van der Waals surface area contributed by atoms with Crippen LogP contribution in [0.3, 0.4) is 0 Å². The van der Waals surface area contributed by atoms with Gasteiger partial charge in [-0.1, -0.05) is 42.5 Å². The third-order valence-electron chi connectivity index (χ3n) is 2.61. The summed E-state index contributed by atoms with van der Waals surface area (Å²) in [6.07, 6.45) is 0.125. The lowest BCUT2D eigenvalue weighted by Crippen LogP contribution is -2.31. The van der Waals surface area contributed by atoms with Crippen molar-refractivity contribution in [1.29, 1.82) is 0 Å². The standard InChI is InChI=1S/C15H13NO3/c17-13-9-5-4-8-12(13)15(19)16-14(18)10-11-6-2-1-3-7-11/h1-9,17H,10H2,(H,16,18,19). The molecule has 0 atom stereocenters. The van der Waals surface area contributed by atoms with E-state index < -0.39 is 11.8 Å². The number of amides is 2. The monoisotopic (exact) mass is 255 g/mol. The van der Waals surface area contributed by atoms with Gasteiger partial charge in [-0.15, -0.1) is 0 Å². The first kappa shape index (κ1) is 12.8. The topological polar surface area (TPSA) is 66.4 Å². The summed E-state index contributed by atoms with van der Waals surface area (Å²) in [6.45, 7) is 0. The highest BCUT2D eigenvalue weighted by atomic mass is 16.3. The van der Waals surface area contributed by atoms with Gasteiger partial charge in [-0.05, 0) is 17.7 Å². The molecule has 4 nitrogen and oxygen atoms in total. The van der Waals surface area contributed by atoms with E-state index in [4.69, 9.17) is 0 Å². The quantitative estimate of drug-likeness (QED) is 0.880. The number of carbonyl (C=O) groups excluding carboxylic acids is 2. The molecule has 2 N–H and O–H groups in total. The number of nitrogens with one attached hydrogen (secondary N) is 1. The van der Waals surface area contributed by atoms with E-state index in [1.165, 1.54) is 12.1 Å². The first-order valence-electron chi connectivity index (χ1n) is 5.83. The molecule has 4 heteroatoms. The van der Waals surface area contributed by atoms with Crippen molar-refractivity contribution >= 4 is 11.8 Å². The number of phenols is 1. The summed E-state index contributed by atoms with van der Waals surface area (Å²) in [4.78, 5) is 23.5. The Kier molecular flexibility index (Phi) is 3.93. The average Bonchev–Trinajstić information content (AvgIpc) is 2.40. The SMILES string of the molecule is O=C(Cc1ccccc1)NC(=O)c1ccccc1O. The number of benzene rings is 2. The first-order valence-corrected chi connectivity index (χ1v) is 5.83. The van der Waals surface area contributed by atoms with E-state index in [2.05, 4.69) is 5.32 Å². The molecule has 0 aliphatic carbocycles. The van der Waals surface area contributed by atoms with Crippen LogP contribution in [0.2, 0.25) is 0 Å². The lowest BCUT2D eigenvalue weighted by atomic mass is 10.1. The van der Waals surface area contributed by atoms with Crippen LogP contribution in [0.4, 0.5) is 0 Å². The summed E-state index contributed by atoms with van der Waals surface area (Å²) in [5, 5.41) is 11.8. The van der Waals surface area contributed by atoms with Crippen LogP contribution in [0.5, 0.6) is 5.75 Å². The molecule has 0 bridgehead atoms. The van der Waals surface area contributed by atoms with Gasteiger partial charge in [-0.2, -0.15) is 0 Å². The van der Waals surface area contributed by atoms with Crippen LogP contribution in [-0.4, -0.2) is 16.9 Å². The van der Waals surface area contributed by atoms with Crippen molar-refractivity contribution in [3.63, 3.8) is 0 Å².